The molecule has 0 saturated carbocycles. The largest absolute Gasteiger partial charge is 0.472 e. The van der Waals surface area contributed by atoms with E-state index in [4.69, 9.17) is 9.05 Å². The van der Waals surface area contributed by atoms with E-state index < -0.39 is 7.82 Å². The Labute approximate surface area is 198 Å². The Morgan fingerprint density at radius 1 is 0.781 bits per heavy atom. The molecule has 0 bridgehead atoms. The maximum absolute atomic E-state index is 11.9. The Morgan fingerprint density at radius 3 is 1.78 bits per heavy atom. The van der Waals surface area contributed by atoms with Gasteiger partial charge in [0.15, 0.2) is 0 Å². The lowest BCUT2D eigenvalue weighted by Gasteiger charge is -2.14. The van der Waals surface area contributed by atoms with Gasteiger partial charge >= 0.3 is 7.82 Å². The van der Waals surface area contributed by atoms with E-state index in [-0.39, 0.29) is 18.6 Å². The maximum atomic E-state index is 11.9. The average Bonchev–Trinajstić information content (AvgIpc) is 2.72. The molecule has 1 atom stereocenters. The lowest BCUT2D eigenvalue weighted by atomic mass is 10.0. The van der Waals surface area contributed by atoms with E-state index in [9.17, 15) is 14.3 Å². The number of phosphoric ester groups is 1. The molecule has 32 heavy (non-hydrogen) atoms. The van der Waals surface area contributed by atoms with Gasteiger partial charge in [-0.25, -0.2) is 4.57 Å². The number of phosphoric acid groups is 1. The smallest absolute Gasteiger partial charge is 0.356 e. The quantitative estimate of drug-likeness (QED) is 0.110. The molecule has 0 fully saturated rings. The van der Waals surface area contributed by atoms with Crippen LogP contribution < -0.4 is 5.32 Å². The minimum atomic E-state index is -3.91. The summed E-state index contributed by atoms with van der Waals surface area (Å²) < 4.78 is 21.3. The van der Waals surface area contributed by atoms with Gasteiger partial charge in [-0.15, -0.1) is 0 Å². The summed E-state index contributed by atoms with van der Waals surface area (Å²) in [5.74, 6) is 0.156. The summed E-state index contributed by atoms with van der Waals surface area (Å²) in [4.78, 5) is 21.3. The normalized spacial score (nSPS) is 13.4. The lowest BCUT2D eigenvalue weighted by Crippen LogP contribution is -2.23. The van der Waals surface area contributed by atoms with Crippen molar-refractivity contribution < 1.29 is 23.3 Å². The van der Waals surface area contributed by atoms with E-state index in [0.717, 1.165) is 32.1 Å². The average molecular weight is 478 g/mol. The highest BCUT2D eigenvalue weighted by Gasteiger charge is 2.21. The minimum absolute atomic E-state index is 0.156. The number of unbranched alkanes of at least 4 members (excludes halogenated alkanes) is 15. The predicted octanol–water partition coefficient (Wildman–Crippen LogP) is 7.69. The third-order valence-corrected chi connectivity index (χ3v) is 6.70. The van der Waals surface area contributed by atoms with Crippen LogP contribution in [0.15, 0.2) is 0 Å². The molecule has 0 aliphatic heterocycles. The molecule has 0 spiro atoms. The van der Waals surface area contributed by atoms with Crippen molar-refractivity contribution in [3.63, 3.8) is 0 Å². The third-order valence-electron chi connectivity index (χ3n) is 5.50. The summed E-state index contributed by atoms with van der Waals surface area (Å²) in [5, 5.41) is 2.99. The number of hydrogen-bond acceptors (Lipinski definition) is 4. The molecule has 2 N–H and O–H groups in total. The SMILES string of the molecule is CCCCCCCCCCCCCCCC(=O)NCCCCCCOP(=O)(O)OC(C)C. The molecule has 1 unspecified atom stereocenters. The monoisotopic (exact) mass is 477 g/mol. The molecule has 0 saturated heterocycles. The zero-order valence-corrected chi connectivity index (χ0v) is 22.1. The second-order valence-corrected chi connectivity index (χ2v) is 10.6. The van der Waals surface area contributed by atoms with Crippen molar-refractivity contribution in [3.05, 3.63) is 0 Å². The summed E-state index contributed by atoms with van der Waals surface area (Å²) in [6, 6.07) is 0. The Hall–Kier alpha value is -0.420. The number of carbonyl (C=O) groups excluding carboxylic acids is 1. The van der Waals surface area contributed by atoms with Crippen LogP contribution in [0, 0.1) is 0 Å². The number of nitrogens with one attached hydrogen (secondary N) is 1. The van der Waals surface area contributed by atoms with Gasteiger partial charge < -0.3 is 10.2 Å². The molecular formula is C25H52NO5P. The summed E-state index contributed by atoms with van der Waals surface area (Å²) in [6.07, 6.45) is 20.9. The zero-order chi connectivity index (χ0) is 23.9. The van der Waals surface area contributed by atoms with Gasteiger partial charge in [-0.1, -0.05) is 96.8 Å². The molecular weight excluding hydrogens is 425 g/mol. The van der Waals surface area contributed by atoms with Gasteiger partial charge in [0, 0.05) is 13.0 Å². The molecule has 6 nitrogen and oxygen atoms in total. The van der Waals surface area contributed by atoms with E-state index in [1.807, 2.05) is 0 Å². The molecule has 192 valence electrons. The fourth-order valence-electron chi connectivity index (χ4n) is 3.68. The van der Waals surface area contributed by atoms with Crippen LogP contribution >= 0.6 is 7.82 Å². The van der Waals surface area contributed by atoms with Crippen LogP contribution in [0.2, 0.25) is 0 Å². The van der Waals surface area contributed by atoms with Gasteiger partial charge in [-0.05, 0) is 33.1 Å². The zero-order valence-electron chi connectivity index (χ0n) is 21.2. The number of hydrogen-bond donors (Lipinski definition) is 2. The molecule has 0 heterocycles. The Morgan fingerprint density at radius 2 is 1.25 bits per heavy atom. The topological polar surface area (TPSA) is 84.9 Å². The van der Waals surface area contributed by atoms with E-state index in [1.54, 1.807) is 13.8 Å². The van der Waals surface area contributed by atoms with Crippen LogP contribution in [-0.2, 0) is 18.4 Å². The summed E-state index contributed by atoms with van der Waals surface area (Å²) in [5.41, 5.74) is 0. The van der Waals surface area contributed by atoms with Gasteiger partial charge in [0.1, 0.15) is 0 Å². The highest BCUT2D eigenvalue weighted by molar-refractivity contribution is 7.47. The standard InChI is InChI=1S/C25H52NO5P/c1-4-5-6-7-8-9-10-11-12-13-14-15-18-21-25(27)26-22-19-16-17-20-23-30-32(28,29)31-24(2)3/h24H,4-23H2,1-3H3,(H,26,27)(H,28,29). The van der Waals surface area contributed by atoms with Crippen LogP contribution in [-0.4, -0.2) is 30.1 Å². The van der Waals surface area contributed by atoms with Crippen LogP contribution in [0.5, 0.6) is 0 Å². The first kappa shape index (κ1) is 31.6. The van der Waals surface area contributed by atoms with Crippen molar-refractivity contribution in [2.24, 2.45) is 0 Å². The van der Waals surface area contributed by atoms with Crippen LogP contribution in [0.1, 0.15) is 136 Å². The van der Waals surface area contributed by atoms with Crippen molar-refractivity contribution in [1.29, 1.82) is 0 Å². The van der Waals surface area contributed by atoms with Crippen LogP contribution in [0.25, 0.3) is 0 Å². The van der Waals surface area contributed by atoms with Gasteiger partial charge in [-0.3, -0.25) is 13.8 Å². The first-order chi connectivity index (χ1) is 15.4. The molecule has 1 amide bonds. The molecule has 0 aliphatic rings. The summed E-state index contributed by atoms with van der Waals surface area (Å²) in [7, 11) is -3.91. The minimum Gasteiger partial charge on any atom is -0.356 e. The fourth-order valence-corrected chi connectivity index (χ4v) is 4.63. The van der Waals surface area contributed by atoms with Gasteiger partial charge in [0.25, 0.3) is 0 Å². The maximum Gasteiger partial charge on any atom is 0.472 e. The van der Waals surface area contributed by atoms with E-state index in [0.29, 0.717) is 19.4 Å². The third kappa shape index (κ3) is 24.2. The Balaban J connectivity index is 3.30. The number of amides is 1. The van der Waals surface area contributed by atoms with E-state index >= 15 is 0 Å². The molecule has 0 rings (SSSR count). The van der Waals surface area contributed by atoms with Gasteiger partial charge in [-0.2, -0.15) is 0 Å². The van der Waals surface area contributed by atoms with Crippen molar-refractivity contribution in [2.75, 3.05) is 13.2 Å². The van der Waals surface area contributed by atoms with Gasteiger partial charge in [0.2, 0.25) is 5.91 Å². The highest BCUT2D eigenvalue weighted by atomic mass is 31.2. The van der Waals surface area contributed by atoms with Crippen molar-refractivity contribution >= 4 is 13.7 Å². The van der Waals surface area contributed by atoms with Crippen molar-refractivity contribution in [2.45, 2.75) is 142 Å². The second-order valence-electron chi connectivity index (χ2n) is 9.21. The molecule has 0 aromatic carbocycles. The Bertz CT molecular complexity index is 473. The fraction of sp³-hybridized carbons (Fsp3) is 0.960. The Kier molecular flexibility index (Phi) is 22.1. The first-order valence-electron chi connectivity index (χ1n) is 13.3. The van der Waals surface area contributed by atoms with E-state index in [1.165, 1.54) is 70.6 Å². The first-order valence-corrected chi connectivity index (χ1v) is 14.8. The predicted molar refractivity (Wildman–Crippen MR) is 134 cm³/mol. The molecule has 0 aromatic heterocycles. The van der Waals surface area contributed by atoms with Crippen LogP contribution in [0.3, 0.4) is 0 Å². The van der Waals surface area contributed by atoms with Gasteiger partial charge in [0.05, 0.1) is 12.7 Å². The second kappa shape index (κ2) is 22.4. The van der Waals surface area contributed by atoms with Crippen LogP contribution in [0.4, 0.5) is 0 Å². The highest BCUT2D eigenvalue weighted by Crippen LogP contribution is 2.44. The molecule has 0 aliphatic carbocycles. The van der Waals surface area contributed by atoms with Crippen molar-refractivity contribution in [3.8, 4) is 0 Å². The lowest BCUT2D eigenvalue weighted by molar-refractivity contribution is -0.121. The van der Waals surface area contributed by atoms with E-state index in [2.05, 4.69) is 12.2 Å². The number of carbonyl (C=O) groups is 1. The molecule has 0 aromatic rings. The summed E-state index contributed by atoms with van der Waals surface area (Å²) >= 11 is 0. The number of rotatable bonds is 24. The molecule has 0 radical (unpaired) electrons. The summed E-state index contributed by atoms with van der Waals surface area (Å²) in [6.45, 7) is 6.57. The molecule has 7 heteroatoms. The van der Waals surface area contributed by atoms with Crippen molar-refractivity contribution in [1.82, 2.24) is 5.32 Å².